The van der Waals surface area contributed by atoms with Gasteiger partial charge in [0, 0.05) is 25.6 Å². The minimum atomic E-state index is -0.145. The lowest BCUT2D eigenvalue weighted by Gasteiger charge is -2.35. The molecule has 0 radical (unpaired) electrons. The predicted octanol–water partition coefficient (Wildman–Crippen LogP) is 3.12. The van der Waals surface area contributed by atoms with E-state index < -0.39 is 0 Å². The van der Waals surface area contributed by atoms with E-state index in [2.05, 4.69) is 43.2 Å². The molecule has 0 fully saturated rings. The summed E-state index contributed by atoms with van der Waals surface area (Å²) in [6.45, 7) is 11.3. The van der Waals surface area contributed by atoms with Crippen LogP contribution in [0.2, 0.25) is 0 Å². The second-order valence-corrected chi connectivity index (χ2v) is 6.16. The lowest BCUT2D eigenvalue weighted by molar-refractivity contribution is 0.0892. The highest BCUT2D eigenvalue weighted by Crippen LogP contribution is 2.26. The first-order valence-electron chi connectivity index (χ1n) is 8.42. The topological polar surface area (TPSA) is 58.4 Å². The van der Waals surface area contributed by atoms with Gasteiger partial charge in [0.25, 0.3) is 5.91 Å². The highest BCUT2D eigenvalue weighted by molar-refractivity contribution is 5.92. The molecule has 0 spiro atoms. The molecule has 1 aromatic rings. The largest absolute Gasteiger partial charge is 0.361 e. The van der Waals surface area contributed by atoms with Gasteiger partial charge in [-0.05, 0) is 38.3 Å². The van der Waals surface area contributed by atoms with Crippen LogP contribution < -0.4 is 5.32 Å². The first-order valence-corrected chi connectivity index (χ1v) is 8.42. The summed E-state index contributed by atoms with van der Waals surface area (Å²) in [4.78, 5) is 14.6. The summed E-state index contributed by atoms with van der Waals surface area (Å²) in [7, 11) is 2.15. The number of carbonyl (C=O) groups excluding carboxylic acids is 1. The van der Waals surface area contributed by atoms with Crippen LogP contribution in [-0.2, 0) is 6.42 Å². The average molecular weight is 309 g/mol. The first kappa shape index (κ1) is 18.7. The summed E-state index contributed by atoms with van der Waals surface area (Å²) in [5, 5.41) is 6.87. The molecule has 5 nitrogen and oxygen atoms in total. The zero-order valence-corrected chi connectivity index (χ0v) is 14.7. The van der Waals surface area contributed by atoms with Crippen molar-refractivity contribution in [3.05, 3.63) is 17.5 Å². The molecular weight excluding hydrogens is 278 g/mol. The summed E-state index contributed by atoms with van der Waals surface area (Å²) in [5.41, 5.74) is 0.483. The molecular formula is C17H31N3O2. The van der Waals surface area contributed by atoms with Crippen molar-refractivity contribution in [1.29, 1.82) is 0 Å². The van der Waals surface area contributed by atoms with Crippen molar-refractivity contribution in [3.8, 4) is 0 Å². The summed E-state index contributed by atoms with van der Waals surface area (Å²) >= 11 is 0. The van der Waals surface area contributed by atoms with Crippen molar-refractivity contribution in [2.24, 2.45) is 5.41 Å². The number of nitrogens with one attached hydrogen (secondary N) is 1. The summed E-state index contributed by atoms with van der Waals surface area (Å²) in [5.74, 6) is 0.595. The Balaban J connectivity index is 2.64. The van der Waals surface area contributed by atoms with Gasteiger partial charge in [-0.25, -0.2) is 0 Å². The number of rotatable bonds is 10. The molecule has 1 heterocycles. The zero-order valence-electron chi connectivity index (χ0n) is 14.7. The number of amides is 1. The monoisotopic (exact) mass is 309 g/mol. The van der Waals surface area contributed by atoms with Gasteiger partial charge in [0.05, 0.1) is 0 Å². The fourth-order valence-corrected chi connectivity index (χ4v) is 2.76. The maximum absolute atomic E-state index is 12.2. The Bertz CT molecular complexity index is 453. The van der Waals surface area contributed by atoms with E-state index in [1.165, 1.54) is 0 Å². The van der Waals surface area contributed by atoms with Gasteiger partial charge in [0.15, 0.2) is 5.69 Å². The van der Waals surface area contributed by atoms with Crippen LogP contribution >= 0.6 is 0 Å². The molecule has 0 atom stereocenters. The molecule has 5 heteroatoms. The number of carbonyl (C=O) groups is 1. The zero-order chi connectivity index (χ0) is 16.6. The van der Waals surface area contributed by atoms with Crippen LogP contribution in [-0.4, -0.2) is 42.6 Å². The molecule has 0 saturated heterocycles. The highest BCUT2D eigenvalue weighted by Gasteiger charge is 2.28. The number of hydrogen-bond acceptors (Lipinski definition) is 4. The van der Waals surface area contributed by atoms with Crippen LogP contribution in [0.4, 0.5) is 0 Å². The third-order valence-corrected chi connectivity index (χ3v) is 4.47. The molecule has 126 valence electrons. The Morgan fingerprint density at radius 1 is 1.32 bits per heavy atom. The molecule has 0 aliphatic heterocycles. The van der Waals surface area contributed by atoms with E-state index in [0.717, 1.165) is 44.5 Å². The van der Waals surface area contributed by atoms with Crippen LogP contribution in [0.1, 0.15) is 63.2 Å². The molecule has 22 heavy (non-hydrogen) atoms. The van der Waals surface area contributed by atoms with Crippen molar-refractivity contribution in [3.63, 3.8) is 0 Å². The van der Waals surface area contributed by atoms with Gasteiger partial charge in [-0.2, -0.15) is 0 Å². The summed E-state index contributed by atoms with van der Waals surface area (Å²) in [6, 6.07) is 1.72. The molecule has 1 aromatic heterocycles. The Morgan fingerprint density at radius 3 is 2.50 bits per heavy atom. The SMILES string of the molecule is CCCN(C)CC(CC)(CC)CNC(=O)c1cc(CC)on1. The van der Waals surface area contributed by atoms with E-state index in [4.69, 9.17) is 4.52 Å². The van der Waals surface area contributed by atoms with E-state index in [1.54, 1.807) is 6.07 Å². The minimum absolute atomic E-state index is 0.108. The van der Waals surface area contributed by atoms with Crippen LogP contribution in [0, 0.1) is 5.41 Å². The van der Waals surface area contributed by atoms with Gasteiger partial charge < -0.3 is 14.7 Å². The fraction of sp³-hybridized carbons (Fsp3) is 0.765. The maximum atomic E-state index is 12.2. The number of nitrogens with zero attached hydrogens (tertiary/aromatic N) is 2. The molecule has 0 bridgehead atoms. The number of aromatic nitrogens is 1. The second kappa shape index (κ2) is 8.93. The molecule has 1 amide bonds. The average Bonchev–Trinajstić information content (AvgIpc) is 3.00. The Morgan fingerprint density at radius 2 is 2.00 bits per heavy atom. The second-order valence-electron chi connectivity index (χ2n) is 6.16. The van der Waals surface area contributed by atoms with Crippen molar-refractivity contribution >= 4 is 5.91 Å². The number of hydrogen-bond donors (Lipinski definition) is 1. The fourth-order valence-electron chi connectivity index (χ4n) is 2.76. The Labute approximate surface area is 134 Å². The van der Waals surface area contributed by atoms with Gasteiger partial charge in [-0.3, -0.25) is 4.79 Å². The third-order valence-electron chi connectivity index (χ3n) is 4.47. The Kier molecular flexibility index (Phi) is 7.59. The molecule has 0 aromatic carbocycles. The third kappa shape index (κ3) is 5.13. The molecule has 0 aliphatic carbocycles. The van der Waals surface area contributed by atoms with E-state index in [9.17, 15) is 4.79 Å². The van der Waals surface area contributed by atoms with Crippen LogP contribution in [0.3, 0.4) is 0 Å². The normalized spacial score (nSPS) is 11.9. The van der Waals surface area contributed by atoms with Crippen molar-refractivity contribution in [2.75, 3.05) is 26.7 Å². The molecule has 1 rings (SSSR count). The molecule has 0 unspecified atom stereocenters. The number of aryl methyl sites for hydroxylation is 1. The van der Waals surface area contributed by atoms with Crippen LogP contribution in [0.25, 0.3) is 0 Å². The van der Waals surface area contributed by atoms with E-state index >= 15 is 0 Å². The molecule has 0 saturated carbocycles. The first-order chi connectivity index (χ1) is 10.5. The lowest BCUT2D eigenvalue weighted by Crippen LogP contribution is -2.44. The van der Waals surface area contributed by atoms with Gasteiger partial charge in [0.1, 0.15) is 5.76 Å². The van der Waals surface area contributed by atoms with Crippen molar-refractivity contribution in [1.82, 2.24) is 15.4 Å². The van der Waals surface area contributed by atoms with E-state index in [1.807, 2.05) is 6.92 Å². The smallest absolute Gasteiger partial charge is 0.273 e. The van der Waals surface area contributed by atoms with Gasteiger partial charge >= 0.3 is 0 Å². The van der Waals surface area contributed by atoms with Crippen molar-refractivity contribution < 1.29 is 9.32 Å². The molecule has 0 aliphatic rings. The van der Waals surface area contributed by atoms with E-state index in [0.29, 0.717) is 12.2 Å². The lowest BCUT2D eigenvalue weighted by atomic mass is 9.81. The maximum Gasteiger partial charge on any atom is 0.273 e. The Hall–Kier alpha value is -1.36. The quantitative estimate of drug-likeness (QED) is 0.721. The van der Waals surface area contributed by atoms with Gasteiger partial charge in [0.2, 0.25) is 0 Å². The van der Waals surface area contributed by atoms with E-state index in [-0.39, 0.29) is 11.3 Å². The van der Waals surface area contributed by atoms with Gasteiger partial charge in [-0.15, -0.1) is 0 Å². The van der Waals surface area contributed by atoms with Gasteiger partial charge in [-0.1, -0.05) is 32.9 Å². The summed E-state index contributed by atoms with van der Waals surface area (Å²) < 4.78 is 5.10. The van der Waals surface area contributed by atoms with Crippen molar-refractivity contribution in [2.45, 2.75) is 53.4 Å². The molecule has 1 N–H and O–H groups in total. The standard InChI is InChI=1S/C17H31N3O2/c1-6-10-20(5)13-17(8-3,9-4)12-18-16(21)15-11-14(7-2)22-19-15/h11H,6-10,12-13H2,1-5H3,(H,18,21). The van der Waals surface area contributed by atoms with Crippen LogP contribution in [0.15, 0.2) is 10.6 Å². The van der Waals surface area contributed by atoms with Crippen LogP contribution in [0.5, 0.6) is 0 Å². The highest BCUT2D eigenvalue weighted by atomic mass is 16.5. The minimum Gasteiger partial charge on any atom is -0.361 e. The predicted molar refractivity (Wildman–Crippen MR) is 89.0 cm³/mol. The summed E-state index contributed by atoms with van der Waals surface area (Å²) in [6.07, 6.45) is 3.97.